The first-order valence-corrected chi connectivity index (χ1v) is 18.6. The molecule has 2 aromatic carbocycles. The highest BCUT2D eigenvalue weighted by atomic mass is 19.4. The van der Waals surface area contributed by atoms with Gasteiger partial charge in [0.25, 0.3) is 11.5 Å². The Labute approximate surface area is 321 Å². The average molecular weight is 790 g/mol. The third-order valence-corrected chi connectivity index (χ3v) is 10.7. The van der Waals surface area contributed by atoms with Crippen LogP contribution in [0.5, 0.6) is 0 Å². The Morgan fingerprint density at radius 1 is 1.02 bits per heavy atom. The van der Waals surface area contributed by atoms with Crippen molar-refractivity contribution in [1.29, 1.82) is 0 Å². The Morgan fingerprint density at radius 3 is 2.14 bits per heavy atom. The molecule has 1 saturated carbocycles. The molecular weight excluding hydrogens is 743 g/mol. The maximum atomic E-state index is 16.8. The van der Waals surface area contributed by atoms with Crippen LogP contribution < -0.4 is 10.9 Å². The zero-order valence-corrected chi connectivity index (χ0v) is 32.1. The van der Waals surface area contributed by atoms with Gasteiger partial charge >= 0.3 is 12.1 Å². The van der Waals surface area contributed by atoms with Gasteiger partial charge < -0.3 is 19.9 Å². The molecule has 0 bridgehead atoms. The summed E-state index contributed by atoms with van der Waals surface area (Å²) in [4.78, 5) is 41.8. The molecule has 0 radical (unpaired) electrons. The lowest BCUT2D eigenvalue weighted by atomic mass is 9.87. The van der Waals surface area contributed by atoms with Gasteiger partial charge in [0, 0.05) is 42.3 Å². The second-order valence-electron chi connectivity index (χ2n) is 15.6. The van der Waals surface area contributed by atoms with Crippen LogP contribution in [0.25, 0.3) is 11.1 Å². The number of piperidine rings is 1. The van der Waals surface area contributed by atoms with E-state index in [4.69, 9.17) is 0 Å². The molecule has 3 atom stereocenters. The van der Waals surface area contributed by atoms with Crippen LogP contribution in [-0.4, -0.2) is 52.0 Å². The molecule has 302 valence electrons. The summed E-state index contributed by atoms with van der Waals surface area (Å²) < 4.78 is 104. The fraction of sp³-hybridized carbons (Fsp3) is 0.500. The topological polar surface area (TPSA) is 91.6 Å². The second kappa shape index (κ2) is 16.5. The van der Waals surface area contributed by atoms with Crippen molar-refractivity contribution < 1.29 is 45.4 Å². The number of aromatic nitrogens is 1. The quantitative estimate of drug-likeness (QED) is 0.141. The lowest BCUT2D eigenvalue weighted by Gasteiger charge is -2.34. The van der Waals surface area contributed by atoms with Gasteiger partial charge in [-0.25, -0.2) is 17.6 Å². The van der Waals surface area contributed by atoms with Gasteiger partial charge in [0.2, 0.25) is 5.91 Å². The van der Waals surface area contributed by atoms with Crippen molar-refractivity contribution in [3.8, 4) is 23.0 Å². The number of pyridine rings is 1. The maximum absolute atomic E-state index is 16.8. The number of carboxylic acid groups (broad SMARTS) is 1. The van der Waals surface area contributed by atoms with Crippen molar-refractivity contribution in [3.05, 3.63) is 91.4 Å². The van der Waals surface area contributed by atoms with Crippen LogP contribution in [-0.2, 0) is 15.8 Å². The number of carbonyl (C=O) groups excluding carboxylic acids is 1. The van der Waals surface area contributed by atoms with Crippen molar-refractivity contribution in [2.24, 2.45) is 11.8 Å². The summed E-state index contributed by atoms with van der Waals surface area (Å²) in [7, 11) is 0. The summed E-state index contributed by atoms with van der Waals surface area (Å²) in [5.74, 6) is -4.30. The molecule has 1 aliphatic carbocycles. The first kappa shape index (κ1) is 42.5. The molecule has 2 aliphatic rings. The number of nitrogens with one attached hydrogen (secondary N) is 1. The number of carbonyl (C=O) groups is 2. The van der Waals surface area contributed by atoms with Crippen molar-refractivity contribution in [1.82, 2.24) is 14.8 Å². The van der Waals surface area contributed by atoms with Crippen LogP contribution in [0.1, 0.15) is 110 Å². The number of hydrogen-bond acceptors (Lipinski definition) is 4. The van der Waals surface area contributed by atoms with Gasteiger partial charge in [-0.3, -0.25) is 14.4 Å². The van der Waals surface area contributed by atoms with Crippen LogP contribution in [0.15, 0.2) is 35.3 Å². The zero-order valence-electron chi connectivity index (χ0n) is 32.1. The molecule has 5 rings (SSSR count). The number of carboxylic acids is 1. The van der Waals surface area contributed by atoms with E-state index in [1.807, 2.05) is 6.92 Å². The molecule has 1 saturated heterocycles. The SMILES string of the molecule is CC#Cc1cc(-c2c(C)cc(C)cc2C)c(F)c([C@@H](CC(=O)O)NC(=O)[C@@H](CC(C)C)n2cc(C3CCN(CC4CC4(F)F)CC3)c(C(F)(F)F)cc2=O)c1F. The van der Waals surface area contributed by atoms with Gasteiger partial charge in [-0.05, 0) is 100 Å². The minimum Gasteiger partial charge on any atom is -0.481 e. The fourth-order valence-electron chi connectivity index (χ4n) is 8.02. The van der Waals surface area contributed by atoms with Crippen molar-refractivity contribution in [2.45, 2.75) is 104 Å². The van der Waals surface area contributed by atoms with Crippen molar-refractivity contribution >= 4 is 11.9 Å². The Bertz CT molecular complexity index is 2100. The van der Waals surface area contributed by atoms with E-state index < -0.39 is 82.6 Å². The minimum atomic E-state index is -4.93. The van der Waals surface area contributed by atoms with Crippen LogP contribution in [0.3, 0.4) is 0 Å². The summed E-state index contributed by atoms with van der Waals surface area (Å²) in [6.45, 7) is 10.8. The minimum absolute atomic E-state index is 0.0713. The van der Waals surface area contributed by atoms with E-state index in [-0.39, 0.29) is 67.9 Å². The molecular formula is C42H46F7N3O4. The molecule has 1 aromatic heterocycles. The largest absolute Gasteiger partial charge is 0.481 e. The van der Waals surface area contributed by atoms with Crippen LogP contribution >= 0.6 is 0 Å². The number of rotatable bonds is 12. The summed E-state index contributed by atoms with van der Waals surface area (Å²) in [6, 6.07) is 1.92. The molecule has 7 nitrogen and oxygen atoms in total. The van der Waals surface area contributed by atoms with Gasteiger partial charge in [0.15, 0.2) is 0 Å². The lowest BCUT2D eigenvalue weighted by molar-refractivity contribution is -0.139. The summed E-state index contributed by atoms with van der Waals surface area (Å²) >= 11 is 0. The number of amides is 1. The predicted octanol–water partition coefficient (Wildman–Crippen LogP) is 8.86. The molecule has 3 aromatic rings. The lowest BCUT2D eigenvalue weighted by Crippen LogP contribution is -2.41. The number of aryl methyl sites for hydroxylation is 3. The maximum Gasteiger partial charge on any atom is 0.416 e. The number of benzene rings is 2. The number of alkyl halides is 5. The summed E-state index contributed by atoms with van der Waals surface area (Å²) in [6.07, 6.45) is -4.90. The molecule has 56 heavy (non-hydrogen) atoms. The van der Waals surface area contributed by atoms with Crippen LogP contribution in [0, 0.1) is 56.1 Å². The molecule has 14 heteroatoms. The van der Waals surface area contributed by atoms with Gasteiger partial charge in [-0.15, -0.1) is 5.92 Å². The predicted molar refractivity (Wildman–Crippen MR) is 197 cm³/mol. The highest BCUT2D eigenvalue weighted by Crippen LogP contribution is 2.49. The number of aliphatic carboxylic acids is 1. The molecule has 1 aliphatic heterocycles. The second-order valence-corrected chi connectivity index (χ2v) is 15.6. The van der Waals surface area contributed by atoms with Crippen molar-refractivity contribution in [2.75, 3.05) is 19.6 Å². The molecule has 2 fully saturated rings. The molecule has 0 spiro atoms. The third kappa shape index (κ3) is 9.31. The highest BCUT2D eigenvalue weighted by Gasteiger charge is 2.57. The Morgan fingerprint density at radius 2 is 1.62 bits per heavy atom. The Kier molecular flexibility index (Phi) is 12.5. The van der Waals surface area contributed by atoms with E-state index in [2.05, 4.69) is 17.2 Å². The first-order valence-electron chi connectivity index (χ1n) is 18.6. The number of halogens is 7. The van der Waals surface area contributed by atoms with E-state index >= 15 is 8.78 Å². The van der Waals surface area contributed by atoms with Gasteiger partial charge in [0.05, 0.1) is 23.6 Å². The zero-order chi connectivity index (χ0) is 41.4. The molecule has 1 amide bonds. The normalized spacial score (nSPS) is 18.3. The Balaban J connectivity index is 1.57. The average Bonchev–Trinajstić information content (AvgIpc) is 3.69. The van der Waals surface area contributed by atoms with Crippen molar-refractivity contribution in [3.63, 3.8) is 0 Å². The van der Waals surface area contributed by atoms with E-state index in [0.717, 1.165) is 16.3 Å². The molecule has 1 unspecified atom stereocenters. The van der Waals surface area contributed by atoms with Gasteiger partial charge in [-0.1, -0.05) is 37.5 Å². The van der Waals surface area contributed by atoms with Gasteiger partial charge in [0.1, 0.15) is 17.7 Å². The molecule has 2 N–H and O–H groups in total. The van der Waals surface area contributed by atoms with Gasteiger partial charge in [-0.2, -0.15) is 13.2 Å². The number of hydrogen-bond donors (Lipinski definition) is 2. The smallest absolute Gasteiger partial charge is 0.416 e. The van der Waals surface area contributed by atoms with E-state index in [0.29, 0.717) is 22.8 Å². The first-order chi connectivity index (χ1) is 26.1. The standard InChI is InChI=1S/C42H46F7N3O4/c1-7-8-27-16-29(36-24(5)14-23(4)15-25(36)6)39(44)37(38(27)43)32(18-35(54)55)50-40(56)33(13-22(2)3)52-21-30(31(17-34(52)53)42(47,48)49)26-9-11-51(12-10-26)20-28-19-41(28,45)46/h14-17,21-22,26,28,32-33H,9-13,18-20H2,1-6H3,(H,50,56)(H,54,55)/t28?,32-,33-/m1/s1. The monoisotopic (exact) mass is 789 g/mol. The molecule has 2 heterocycles. The number of likely N-dealkylation sites (tertiary alicyclic amines) is 1. The van der Waals surface area contributed by atoms with E-state index in [9.17, 15) is 41.4 Å². The third-order valence-electron chi connectivity index (χ3n) is 10.7. The highest BCUT2D eigenvalue weighted by molar-refractivity contribution is 5.82. The summed E-state index contributed by atoms with van der Waals surface area (Å²) in [5.41, 5.74) is -1.05. The number of nitrogens with zero attached hydrogens (tertiary/aromatic N) is 2. The van der Waals surface area contributed by atoms with E-state index in [1.165, 1.54) is 13.0 Å². The summed E-state index contributed by atoms with van der Waals surface area (Å²) in [5, 5.41) is 12.4. The fourth-order valence-corrected chi connectivity index (χ4v) is 8.02. The van der Waals surface area contributed by atoms with E-state index in [1.54, 1.807) is 44.7 Å². The van der Waals surface area contributed by atoms with Crippen LogP contribution in [0.2, 0.25) is 0 Å². The van der Waals surface area contributed by atoms with Crippen LogP contribution in [0.4, 0.5) is 30.7 Å². The Hall–Kier alpha value is -4.64.